The minimum atomic E-state index is -0.435. The minimum absolute atomic E-state index is 0.249. The van der Waals surface area contributed by atoms with Crippen LogP contribution in [0.25, 0.3) is 0 Å². The number of amides is 1. The van der Waals surface area contributed by atoms with Gasteiger partial charge in [-0.25, -0.2) is 4.39 Å². The lowest BCUT2D eigenvalue weighted by Gasteiger charge is -2.43. The molecule has 3 N–H and O–H groups in total. The first-order valence-corrected chi connectivity index (χ1v) is 9.36. The summed E-state index contributed by atoms with van der Waals surface area (Å²) in [6.45, 7) is 0.594. The molecule has 1 amide bonds. The van der Waals surface area contributed by atoms with Gasteiger partial charge in [-0.15, -0.1) is 11.3 Å². The molecule has 0 radical (unpaired) electrons. The van der Waals surface area contributed by atoms with E-state index in [0.717, 1.165) is 29.8 Å². The molecule has 1 aliphatic carbocycles. The van der Waals surface area contributed by atoms with Crippen molar-refractivity contribution < 1.29 is 9.18 Å². The van der Waals surface area contributed by atoms with Crippen LogP contribution < -0.4 is 16.0 Å². The highest BCUT2D eigenvalue weighted by atomic mass is 32.1. The summed E-state index contributed by atoms with van der Waals surface area (Å²) >= 11 is 1.35. The number of thiophene rings is 1. The van der Waals surface area contributed by atoms with E-state index < -0.39 is 5.91 Å². The van der Waals surface area contributed by atoms with E-state index in [0.29, 0.717) is 17.1 Å². The fourth-order valence-corrected chi connectivity index (χ4v) is 4.57. The maximum absolute atomic E-state index is 14.3. The molecular weight excluding hydrogens is 353 g/mol. The zero-order chi connectivity index (χ0) is 18.3. The Balaban J connectivity index is 1.51. The fourth-order valence-electron chi connectivity index (χ4n) is 3.60. The first kappa shape index (κ1) is 17.1. The zero-order valence-corrected chi connectivity index (χ0v) is 15.2. The highest BCUT2D eigenvalue weighted by Crippen LogP contribution is 2.43. The smallest absolute Gasteiger partial charge is 0.258 e. The molecule has 2 aromatic rings. The average Bonchev–Trinajstić information content (AvgIpc) is 3.02. The highest BCUT2D eigenvalue weighted by Gasteiger charge is 2.42. The number of pyridine rings is 1. The third kappa shape index (κ3) is 2.79. The van der Waals surface area contributed by atoms with Crippen LogP contribution in [0.1, 0.15) is 40.2 Å². The van der Waals surface area contributed by atoms with Crippen molar-refractivity contribution in [3.8, 4) is 0 Å². The molecule has 3 heterocycles. The normalized spacial score (nSPS) is 20.5. The lowest BCUT2D eigenvalue weighted by Crippen LogP contribution is -2.52. The summed E-state index contributed by atoms with van der Waals surface area (Å²) in [7, 11) is 1.92. The predicted molar refractivity (Wildman–Crippen MR) is 100 cm³/mol. The molecule has 1 fully saturated rings. The Morgan fingerprint density at radius 2 is 2.35 bits per heavy atom. The van der Waals surface area contributed by atoms with Crippen molar-refractivity contribution in [1.29, 1.82) is 0 Å². The summed E-state index contributed by atoms with van der Waals surface area (Å²) in [4.78, 5) is 22.7. The van der Waals surface area contributed by atoms with Gasteiger partial charge in [-0.05, 0) is 31.0 Å². The number of halogens is 1. The number of hydrogen-bond acceptors (Lipinski definition) is 6. The predicted octanol–water partition coefficient (Wildman–Crippen LogP) is 2.24. The van der Waals surface area contributed by atoms with Crippen LogP contribution in [-0.4, -0.2) is 37.0 Å². The van der Waals surface area contributed by atoms with Crippen LogP contribution in [0.5, 0.6) is 0 Å². The number of aromatic nitrogens is 1. The Hall–Kier alpha value is -2.32. The average molecular weight is 373 g/mol. The van der Waals surface area contributed by atoms with Crippen LogP contribution in [0.4, 0.5) is 9.39 Å². The van der Waals surface area contributed by atoms with Gasteiger partial charge in [-0.1, -0.05) is 6.42 Å². The number of rotatable bonds is 5. The Morgan fingerprint density at radius 3 is 3.00 bits per heavy atom. The van der Waals surface area contributed by atoms with Gasteiger partial charge >= 0.3 is 0 Å². The number of carbonyl (C=O) groups is 1. The molecule has 0 aromatic carbocycles. The number of aliphatic imine (C=N–C) groups is 1. The highest BCUT2D eigenvalue weighted by molar-refractivity contribution is 7.18. The van der Waals surface area contributed by atoms with Crippen molar-refractivity contribution in [3.63, 3.8) is 0 Å². The van der Waals surface area contributed by atoms with Gasteiger partial charge in [0.05, 0.1) is 10.6 Å². The van der Waals surface area contributed by atoms with E-state index in [4.69, 9.17) is 5.73 Å². The summed E-state index contributed by atoms with van der Waals surface area (Å²) in [5.41, 5.74) is 6.52. The molecule has 26 heavy (non-hydrogen) atoms. The van der Waals surface area contributed by atoms with Crippen molar-refractivity contribution >= 4 is 28.5 Å². The van der Waals surface area contributed by atoms with E-state index in [1.807, 2.05) is 11.9 Å². The van der Waals surface area contributed by atoms with Crippen molar-refractivity contribution in [2.45, 2.75) is 31.0 Å². The number of anilines is 1. The quantitative estimate of drug-likeness (QED) is 0.842. The molecule has 0 bridgehead atoms. The van der Waals surface area contributed by atoms with E-state index in [2.05, 4.69) is 15.3 Å². The molecule has 2 aliphatic rings. The minimum Gasteiger partial charge on any atom is -0.365 e. The van der Waals surface area contributed by atoms with Crippen molar-refractivity contribution in [2.24, 2.45) is 10.7 Å². The van der Waals surface area contributed by atoms with E-state index in [1.165, 1.54) is 17.4 Å². The number of hydrogen-bond donors (Lipinski definition) is 2. The second-order valence-electron chi connectivity index (χ2n) is 6.85. The van der Waals surface area contributed by atoms with Crippen molar-refractivity contribution in [1.82, 2.24) is 10.3 Å². The van der Waals surface area contributed by atoms with Gasteiger partial charge in [-0.2, -0.15) is 0 Å². The number of nitrogens with zero attached hydrogens (tertiary/aromatic N) is 3. The largest absolute Gasteiger partial charge is 0.365 e. The van der Waals surface area contributed by atoms with Crippen LogP contribution in [0.3, 0.4) is 0 Å². The summed E-state index contributed by atoms with van der Waals surface area (Å²) < 4.78 is 14.3. The molecule has 0 spiro atoms. The molecule has 136 valence electrons. The molecule has 1 saturated carbocycles. The number of carbonyl (C=O) groups excluding carboxylic acids is 1. The van der Waals surface area contributed by atoms with E-state index in [1.54, 1.807) is 24.5 Å². The molecule has 1 unspecified atom stereocenters. The molecule has 1 aliphatic heterocycles. The van der Waals surface area contributed by atoms with Gasteiger partial charge < -0.3 is 10.6 Å². The number of nitrogens with one attached hydrogen (secondary N) is 1. The van der Waals surface area contributed by atoms with Crippen LogP contribution in [0.2, 0.25) is 0 Å². The summed E-state index contributed by atoms with van der Waals surface area (Å²) in [6, 6.07) is 4.85. The van der Waals surface area contributed by atoms with Crippen molar-refractivity contribution in [2.75, 3.05) is 18.5 Å². The van der Waals surface area contributed by atoms with Crippen molar-refractivity contribution in [3.05, 3.63) is 46.3 Å². The topological polar surface area (TPSA) is 83.6 Å². The van der Waals surface area contributed by atoms with Gasteiger partial charge in [-0.3, -0.25) is 20.1 Å². The van der Waals surface area contributed by atoms with E-state index >= 15 is 0 Å². The molecule has 0 saturated heterocycles. The standard InChI is InChI=1S/C18H20FN5OS/c1-24-16-11(8-13(26-16)15(20)25)9-22-17(24)23-10-18(5-3-6-18)14-12(19)4-2-7-21-14/h2,4,7-9,17,23H,3,5-6,10H2,1H3,(H2,20,25). The Bertz CT molecular complexity index is 876. The van der Waals surface area contributed by atoms with E-state index in [9.17, 15) is 9.18 Å². The molecular formula is C18H20FN5OS. The monoisotopic (exact) mass is 373 g/mol. The first-order chi connectivity index (χ1) is 12.5. The molecule has 2 aromatic heterocycles. The zero-order valence-electron chi connectivity index (χ0n) is 14.4. The molecule has 4 rings (SSSR count). The lowest BCUT2D eigenvalue weighted by atomic mass is 9.66. The van der Waals surface area contributed by atoms with E-state index in [-0.39, 0.29) is 17.5 Å². The Morgan fingerprint density at radius 1 is 1.54 bits per heavy atom. The molecule has 8 heteroatoms. The Labute approximate surface area is 154 Å². The third-order valence-electron chi connectivity index (χ3n) is 5.22. The number of nitrogens with two attached hydrogens (primary N) is 1. The van der Waals surface area contributed by atoms with Crippen LogP contribution in [0, 0.1) is 5.82 Å². The summed E-state index contributed by atoms with van der Waals surface area (Å²) in [5, 5.41) is 4.37. The third-order valence-corrected chi connectivity index (χ3v) is 6.48. The van der Waals surface area contributed by atoms with Crippen LogP contribution >= 0.6 is 11.3 Å². The molecule has 6 nitrogen and oxygen atoms in total. The second-order valence-corrected chi connectivity index (χ2v) is 7.88. The van der Waals surface area contributed by atoms with Gasteiger partial charge in [0.1, 0.15) is 10.8 Å². The van der Waals surface area contributed by atoms with Gasteiger partial charge in [0, 0.05) is 37.0 Å². The van der Waals surface area contributed by atoms with Crippen LogP contribution in [-0.2, 0) is 5.41 Å². The van der Waals surface area contributed by atoms with Crippen LogP contribution in [0.15, 0.2) is 29.4 Å². The number of fused-ring (bicyclic) bond motifs is 1. The fraction of sp³-hybridized carbons (Fsp3) is 0.389. The summed E-state index contributed by atoms with van der Waals surface area (Å²) in [6.07, 6.45) is 6.01. The number of primary amides is 1. The second kappa shape index (κ2) is 6.44. The molecule has 1 atom stereocenters. The maximum Gasteiger partial charge on any atom is 0.258 e. The van der Waals surface area contributed by atoms with Gasteiger partial charge in [0.25, 0.3) is 5.91 Å². The lowest BCUT2D eigenvalue weighted by molar-refractivity contribution is 0.100. The summed E-state index contributed by atoms with van der Waals surface area (Å²) in [5.74, 6) is -0.684. The van der Waals surface area contributed by atoms with Gasteiger partial charge in [0.2, 0.25) is 0 Å². The van der Waals surface area contributed by atoms with Gasteiger partial charge in [0.15, 0.2) is 6.29 Å². The first-order valence-electron chi connectivity index (χ1n) is 8.54. The Kier molecular flexibility index (Phi) is 4.24. The maximum atomic E-state index is 14.3. The SMILES string of the molecule is CN1c2sc(C(N)=O)cc2C=NC1NCC1(c2ncccc2F)CCC1.